The van der Waals surface area contributed by atoms with E-state index in [4.69, 9.17) is 4.74 Å². The minimum atomic E-state index is -3.85. The predicted octanol–water partition coefficient (Wildman–Crippen LogP) is 5.12. The lowest BCUT2D eigenvalue weighted by Gasteiger charge is -2.12. The molecule has 2 aromatic carbocycles. The van der Waals surface area contributed by atoms with Crippen LogP contribution in [0.25, 0.3) is 0 Å². The van der Waals surface area contributed by atoms with Crippen LogP contribution in [0.3, 0.4) is 0 Å². The molecule has 0 saturated heterocycles. The number of anilines is 2. The summed E-state index contributed by atoms with van der Waals surface area (Å²) in [5.41, 5.74) is 4.33. The molecule has 2 N–H and O–H groups in total. The summed E-state index contributed by atoms with van der Waals surface area (Å²) in [7, 11) is -3.85. The third-order valence-corrected chi connectivity index (χ3v) is 6.68. The third kappa shape index (κ3) is 7.51. The molecule has 1 heterocycles. The highest BCUT2D eigenvalue weighted by Crippen LogP contribution is 2.23. The molecule has 0 saturated carbocycles. The molecule has 0 bridgehead atoms. The van der Waals surface area contributed by atoms with Crippen LogP contribution in [0.2, 0.25) is 0 Å². The Morgan fingerprint density at radius 2 is 1.63 bits per heavy atom. The molecular formula is C26H32N4O4S. The molecule has 3 rings (SSSR count). The van der Waals surface area contributed by atoms with Crippen molar-refractivity contribution in [1.29, 1.82) is 0 Å². The van der Waals surface area contributed by atoms with Crippen LogP contribution in [-0.4, -0.2) is 30.9 Å². The van der Waals surface area contributed by atoms with Gasteiger partial charge in [0, 0.05) is 23.5 Å². The second-order valence-corrected chi connectivity index (χ2v) is 10.5. The highest BCUT2D eigenvalue weighted by atomic mass is 32.2. The molecular weight excluding hydrogens is 464 g/mol. The number of hydrogen-bond donors (Lipinski definition) is 2. The number of benzene rings is 2. The molecule has 3 aromatic rings. The first-order valence-electron chi connectivity index (χ1n) is 11.5. The summed E-state index contributed by atoms with van der Waals surface area (Å²) >= 11 is 0. The zero-order chi connectivity index (χ0) is 25.6. The monoisotopic (exact) mass is 496 g/mol. The van der Waals surface area contributed by atoms with E-state index in [1.807, 2.05) is 12.1 Å². The van der Waals surface area contributed by atoms with E-state index in [-0.39, 0.29) is 23.2 Å². The number of amides is 1. The summed E-state index contributed by atoms with van der Waals surface area (Å²) in [4.78, 5) is 20.5. The highest BCUT2D eigenvalue weighted by molar-refractivity contribution is 7.92. The van der Waals surface area contributed by atoms with E-state index in [0.29, 0.717) is 36.0 Å². The Balaban J connectivity index is 1.48. The Kier molecular flexibility index (Phi) is 8.45. The van der Waals surface area contributed by atoms with Crippen LogP contribution < -0.4 is 14.8 Å². The number of rotatable bonds is 10. The van der Waals surface area contributed by atoms with Crippen LogP contribution >= 0.6 is 0 Å². The van der Waals surface area contributed by atoms with Gasteiger partial charge in [-0.3, -0.25) is 4.79 Å². The standard InChI is InChI=1S/C26H32N4O4S/c1-17(2)24-13-10-22(15-18(24)3)34-14-6-7-25(31)29-21-8-11-23(12-9-21)35(32,33)30-26-27-19(4)16-20(5)28-26/h8-13,15-17H,6-7,14H2,1-5H3,(H,29,31)(H,27,28,30). The summed E-state index contributed by atoms with van der Waals surface area (Å²) in [5.74, 6) is 1.11. The Hall–Kier alpha value is -3.46. The maximum Gasteiger partial charge on any atom is 0.264 e. The number of hydrogen-bond acceptors (Lipinski definition) is 6. The Labute approximate surface area is 207 Å². The zero-order valence-corrected chi connectivity index (χ0v) is 21.6. The van der Waals surface area contributed by atoms with E-state index in [9.17, 15) is 13.2 Å². The van der Waals surface area contributed by atoms with E-state index in [2.05, 4.69) is 46.8 Å². The summed E-state index contributed by atoms with van der Waals surface area (Å²) in [6.07, 6.45) is 0.845. The third-order valence-electron chi connectivity index (χ3n) is 5.34. The number of carbonyl (C=O) groups excluding carboxylic acids is 1. The van der Waals surface area contributed by atoms with Crippen LogP contribution in [-0.2, 0) is 14.8 Å². The van der Waals surface area contributed by atoms with Crippen LogP contribution in [0.15, 0.2) is 53.4 Å². The van der Waals surface area contributed by atoms with Gasteiger partial charge in [-0.25, -0.2) is 23.1 Å². The van der Waals surface area contributed by atoms with Gasteiger partial charge in [0.25, 0.3) is 10.0 Å². The fraction of sp³-hybridized carbons (Fsp3) is 0.346. The van der Waals surface area contributed by atoms with Crippen molar-refractivity contribution in [2.24, 2.45) is 0 Å². The van der Waals surface area contributed by atoms with Gasteiger partial charge >= 0.3 is 0 Å². The highest BCUT2D eigenvalue weighted by Gasteiger charge is 2.16. The minimum Gasteiger partial charge on any atom is -0.494 e. The van der Waals surface area contributed by atoms with Crippen molar-refractivity contribution in [2.75, 3.05) is 16.6 Å². The van der Waals surface area contributed by atoms with Crippen LogP contribution in [0.1, 0.15) is 55.1 Å². The number of nitrogens with one attached hydrogen (secondary N) is 2. The number of ether oxygens (including phenoxy) is 1. The normalized spacial score (nSPS) is 11.4. The lowest BCUT2D eigenvalue weighted by atomic mass is 9.98. The maximum absolute atomic E-state index is 12.6. The Morgan fingerprint density at radius 1 is 0.971 bits per heavy atom. The van der Waals surface area contributed by atoms with Gasteiger partial charge in [0.15, 0.2) is 0 Å². The first-order valence-corrected chi connectivity index (χ1v) is 13.0. The largest absolute Gasteiger partial charge is 0.494 e. The quantitative estimate of drug-likeness (QED) is 0.377. The fourth-order valence-corrected chi connectivity index (χ4v) is 4.64. The first-order chi connectivity index (χ1) is 16.5. The summed E-state index contributed by atoms with van der Waals surface area (Å²) < 4.78 is 33.4. The summed E-state index contributed by atoms with van der Waals surface area (Å²) in [6.45, 7) is 10.3. The average Bonchev–Trinajstić information content (AvgIpc) is 2.76. The molecule has 186 valence electrons. The molecule has 0 atom stereocenters. The second-order valence-electron chi connectivity index (χ2n) is 8.78. The first kappa shape index (κ1) is 26.2. The zero-order valence-electron chi connectivity index (χ0n) is 20.8. The summed E-state index contributed by atoms with van der Waals surface area (Å²) in [6, 6.07) is 13.8. The van der Waals surface area contributed by atoms with Crippen LogP contribution in [0.4, 0.5) is 11.6 Å². The molecule has 8 nitrogen and oxygen atoms in total. The van der Waals surface area contributed by atoms with E-state index in [0.717, 1.165) is 5.75 Å². The molecule has 9 heteroatoms. The topological polar surface area (TPSA) is 110 Å². The molecule has 0 radical (unpaired) electrons. The number of nitrogens with zero attached hydrogens (tertiary/aromatic N) is 2. The minimum absolute atomic E-state index is 0.0214. The number of sulfonamides is 1. The SMILES string of the molecule is Cc1cc(C)nc(NS(=O)(=O)c2ccc(NC(=O)CCCOc3ccc(C(C)C)c(C)c3)cc2)n1. The smallest absolute Gasteiger partial charge is 0.264 e. The number of carbonyl (C=O) groups is 1. The molecule has 0 fully saturated rings. The Morgan fingerprint density at radius 3 is 2.23 bits per heavy atom. The lowest BCUT2D eigenvalue weighted by molar-refractivity contribution is -0.116. The van der Waals surface area contributed by atoms with Gasteiger partial charge in [-0.15, -0.1) is 0 Å². The maximum atomic E-state index is 12.6. The predicted molar refractivity (Wildman–Crippen MR) is 137 cm³/mol. The van der Waals surface area contributed by atoms with Crippen molar-refractivity contribution in [3.05, 3.63) is 71.0 Å². The van der Waals surface area contributed by atoms with Gasteiger partial charge in [0.05, 0.1) is 11.5 Å². The number of aryl methyl sites for hydroxylation is 3. The Bertz CT molecular complexity index is 1270. The molecule has 0 aliphatic rings. The van der Waals surface area contributed by atoms with Crippen LogP contribution in [0, 0.1) is 20.8 Å². The number of aromatic nitrogens is 2. The average molecular weight is 497 g/mol. The van der Waals surface area contributed by atoms with Crippen molar-refractivity contribution >= 4 is 27.6 Å². The second kappa shape index (κ2) is 11.3. The van der Waals surface area contributed by atoms with Crippen molar-refractivity contribution in [3.8, 4) is 5.75 Å². The van der Waals surface area contributed by atoms with Gasteiger partial charge in [-0.1, -0.05) is 19.9 Å². The fourth-order valence-electron chi connectivity index (χ4n) is 3.70. The molecule has 1 amide bonds. The molecule has 0 spiro atoms. The van der Waals surface area contributed by atoms with E-state index >= 15 is 0 Å². The molecule has 0 aliphatic heterocycles. The molecule has 1 aromatic heterocycles. The molecule has 35 heavy (non-hydrogen) atoms. The van der Waals surface area contributed by atoms with Crippen molar-refractivity contribution < 1.29 is 17.9 Å². The van der Waals surface area contributed by atoms with Gasteiger partial charge in [-0.05, 0) is 86.7 Å². The molecule has 0 unspecified atom stereocenters. The van der Waals surface area contributed by atoms with Crippen LogP contribution in [0.5, 0.6) is 5.75 Å². The van der Waals surface area contributed by atoms with E-state index in [1.165, 1.54) is 23.3 Å². The van der Waals surface area contributed by atoms with Crippen molar-refractivity contribution in [2.45, 2.75) is 58.3 Å². The van der Waals surface area contributed by atoms with Crippen molar-refractivity contribution in [3.63, 3.8) is 0 Å². The summed E-state index contributed by atoms with van der Waals surface area (Å²) in [5, 5.41) is 2.78. The van der Waals surface area contributed by atoms with Gasteiger partial charge in [0.1, 0.15) is 5.75 Å². The van der Waals surface area contributed by atoms with Crippen molar-refractivity contribution in [1.82, 2.24) is 9.97 Å². The lowest BCUT2D eigenvalue weighted by Crippen LogP contribution is -2.16. The van der Waals surface area contributed by atoms with Gasteiger partial charge in [0.2, 0.25) is 11.9 Å². The van der Waals surface area contributed by atoms with E-state index < -0.39 is 10.0 Å². The van der Waals surface area contributed by atoms with Gasteiger partial charge < -0.3 is 10.1 Å². The van der Waals surface area contributed by atoms with E-state index in [1.54, 1.807) is 32.0 Å². The van der Waals surface area contributed by atoms with Gasteiger partial charge in [-0.2, -0.15) is 0 Å². The molecule has 0 aliphatic carbocycles.